The number of carbonyl (C=O) groups excluding carboxylic acids is 1. The fourth-order valence-electron chi connectivity index (χ4n) is 1.59. The van der Waals surface area contributed by atoms with Gasteiger partial charge >= 0.3 is 5.97 Å². The predicted octanol–water partition coefficient (Wildman–Crippen LogP) is 2.66. The summed E-state index contributed by atoms with van der Waals surface area (Å²) in [6.07, 6.45) is 0.951. The molecule has 0 heterocycles. The number of esters is 1. The van der Waals surface area contributed by atoms with Crippen molar-refractivity contribution in [2.45, 2.75) is 33.2 Å². The molecule has 88 valence electrons. The van der Waals surface area contributed by atoms with E-state index in [1.807, 2.05) is 12.1 Å². The lowest BCUT2D eigenvalue weighted by atomic mass is 9.98. The molecule has 0 aliphatic heterocycles. The van der Waals surface area contributed by atoms with Crippen LogP contribution in [0.4, 0.5) is 0 Å². The minimum Gasteiger partial charge on any atom is -0.427 e. The van der Waals surface area contributed by atoms with Crippen molar-refractivity contribution in [1.29, 1.82) is 0 Å². The summed E-state index contributed by atoms with van der Waals surface area (Å²) in [4.78, 5) is 10.7. The van der Waals surface area contributed by atoms with Gasteiger partial charge in [0.2, 0.25) is 0 Å². The molecule has 0 spiro atoms. The summed E-state index contributed by atoms with van der Waals surface area (Å²) in [7, 11) is 0. The fraction of sp³-hybridized carbons (Fsp3) is 0.462. The van der Waals surface area contributed by atoms with Crippen molar-refractivity contribution in [1.82, 2.24) is 0 Å². The number of hydrogen-bond donors (Lipinski definition) is 1. The van der Waals surface area contributed by atoms with Crippen molar-refractivity contribution >= 4 is 5.97 Å². The zero-order valence-electron chi connectivity index (χ0n) is 10.1. The first-order valence-corrected chi connectivity index (χ1v) is 5.53. The van der Waals surface area contributed by atoms with E-state index in [0.717, 1.165) is 12.0 Å². The van der Waals surface area contributed by atoms with Gasteiger partial charge in [0.1, 0.15) is 5.75 Å². The van der Waals surface area contributed by atoms with Crippen LogP contribution >= 0.6 is 0 Å². The molecule has 0 aliphatic carbocycles. The number of hydrogen-bond acceptors (Lipinski definition) is 3. The van der Waals surface area contributed by atoms with E-state index in [1.165, 1.54) is 6.92 Å². The second kappa shape index (κ2) is 5.66. The van der Waals surface area contributed by atoms with Crippen LogP contribution in [0.3, 0.4) is 0 Å². The summed E-state index contributed by atoms with van der Waals surface area (Å²) in [5.74, 6) is 0.829. The highest BCUT2D eigenvalue weighted by atomic mass is 16.5. The van der Waals surface area contributed by atoms with Gasteiger partial charge in [0.05, 0.1) is 0 Å². The van der Waals surface area contributed by atoms with Crippen LogP contribution < -0.4 is 10.5 Å². The third kappa shape index (κ3) is 4.03. The smallest absolute Gasteiger partial charge is 0.308 e. The maximum absolute atomic E-state index is 10.7. The molecule has 0 bridgehead atoms. The summed E-state index contributed by atoms with van der Waals surface area (Å²) in [6.45, 7) is 5.68. The lowest BCUT2D eigenvalue weighted by molar-refractivity contribution is -0.131. The summed E-state index contributed by atoms with van der Waals surface area (Å²) in [5, 5.41) is 0. The first-order chi connectivity index (χ1) is 7.49. The Labute approximate surface area is 96.6 Å². The predicted molar refractivity (Wildman–Crippen MR) is 64.1 cm³/mol. The Bertz CT molecular complexity index is 343. The molecule has 16 heavy (non-hydrogen) atoms. The standard InChI is InChI=1S/C13H19NO2/c1-9(2)8-13(14)11-4-6-12(7-5-11)16-10(3)15/h4-7,9,13H,8,14H2,1-3H3. The van der Waals surface area contributed by atoms with Crippen molar-refractivity contribution in [3.63, 3.8) is 0 Å². The molecule has 1 unspecified atom stereocenters. The van der Waals surface area contributed by atoms with Crippen molar-refractivity contribution in [2.75, 3.05) is 0 Å². The first-order valence-electron chi connectivity index (χ1n) is 5.53. The summed E-state index contributed by atoms with van der Waals surface area (Å²) in [5.41, 5.74) is 7.11. The topological polar surface area (TPSA) is 52.3 Å². The monoisotopic (exact) mass is 221 g/mol. The SMILES string of the molecule is CC(=O)Oc1ccc(C(N)CC(C)C)cc1. The van der Waals surface area contributed by atoms with Gasteiger partial charge in [-0.05, 0) is 30.0 Å². The average Bonchev–Trinajstić information content (AvgIpc) is 2.16. The number of carbonyl (C=O) groups is 1. The normalized spacial score (nSPS) is 12.6. The first kappa shape index (κ1) is 12.7. The van der Waals surface area contributed by atoms with Crippen LogP contribution in [0.2, 0.25) is 0 Å². The maximum atomic E-state index is 10.7. The zero-order chi connectivity index (χ0) is 12.1. The minimum absolute atomic E-state index is 0.0476. The van der Waals surface area contributed by atoms with Gasteiger partial charge in [-0.15, -0.1) is 0 Å². The van der Waals surface area contributed by atoms with E-state index in [1.54, 1.807) is 12.1 Å². The number of rotatable bonds is 4. The van der Waals surface area contributed by atoms with Crippen LogP contribution in [-0.4, -0.2) is 5.97 Å². The summed E-state index contributed by atoms with van der Waals surface area (Å²) >= 11 is 0. The molecule has 1 aromatic carbocycles. The second-order valence-electron chi connectivity index (χ2n) is 4.40. The van der Waals surface area contributed by atoms with E-state index in [0.29, 0.717) is 11.7 Å². The van der Waals surface area contributed by atoms with E-state index in [9.17, 15) is 4.79 Å². The van der Waals surface area contributed by atoms with Crippen LogP contribution in [0.5, 0.6) is 5.75 Å². The molecule has 0 saturated carbocycles. The molecule has 0 radical (unpaired) electrons. The summed E-state index contributed by atoms with van der Waals surface area (Å²) in [6, 6.07) is 7.41. The van der Waals surface area contributed by atoms with Gasteiger partial charge in [0.15, 0.2) is 0 Å². The van der Waals surface area contributed by atoms with Gasteiger partial charge in [-0.1, -0.05) is 26.0 Å². The van der Waals surface area contributed by atoms with Gasteiger partial charge in [0, 0.05) is 13.0 Å². The van der Waals surface area contributed by atoms with Crippen molar-refractivity contribution in [3.05, 3.63) is 29.8 Å². The van der Waals surface area contributed by atoms with Gasteiger partial charge in [-0.25, -0.2) is 0 Å². The van der Waals surface area contributed by atoms with Crippen LogP contribution in [0.15, 0.2) is 24.3 Å². The van der Waals surface area contributed by atoms with Crippen LogP contribution in [0.25, 0.3) is 0 Å². The second-order valence-corrected chi connectivity index (χ2v) is 4.40. The fourth-order valence-corrected chi connectivity index (χ4v) is 1.59. The molecule has 1 rings (SSSR count). The van der Waals surface area contributed by atoms with E-state index >= 15 is 0 Å². The van der Waals surface area contributed by atoms with E-state index in [4.69, 9.17) is 10.5 Å². The van der Waals surface area contributed by atoms with Crippen LogP contribution in [0, 0.1) is 5.92 Å². The third-order valence-corrected chi connectivity index (χ3v) is 2.30. The number of ether oxygens (including phenoxy) is 1. The maximum Gasteiger partial charge on any atom is 0.308 e. The molecule has 0 fully saturated rings. The molecule has 3 nitrogen and oxygen atoms in total. The Hall–Kier alpha value is -1.35. The van der Waals surface area contributed by atoms with Crippen molar-refractivity contribution < 1.29 is 9.53 Å². The Kier molecular flexibility index (Phi) is 4.50. The highest BCUT2D eigenvalue weighted by molar-refractivity contribution is 5.69. The molecule has 1 atom stereocenters. The number of benzene rings is 1. The molecule has 0 amide bonds. The molecule has 0 aliphatic rings. The van der Waals surface area contributed by atoms with Gasteiger partial charge in [-0.2, -0.15) is 0 Å². The molecule has 0 saturated heterocycles. The minimum atomic E-state index is -0.306. The van der Waals surface area contributed by atoms with Crippen molar-refractivity contribution in [2.24, 2.45) is 11.7 Å². The zero-order valence-corrected chi connectivity index (χ0v) is 10.1. The van der Waals surface area contributed by atoms with Gasteiger partial charge in [0.25, 0.3) is 0 Å². The largest absolute Gasteiger partial charge is 0.427 e. The highest BCUT2D eigenvalue weighted by Crippen LogP contribution is 2.21. The number of nitrogens with two attached hydrogens (primary N) is 1. The van der Waals surface area contributed by atoms with E-state index in [-0.39, 0.29) is 12.0 Å². The average molecular weight is 221 g/mol. The molecule has 0 aromatic heterocycles. The Morgan fingerprint density at radius 2 is 1.88 bits per heavy atom. The van der Waals surface area contributed by atoms with E-state index in [2.05, 4.69) is 13.8 Å². The lowest BCUT2D eigenvalue weighted by Gasteiger charge is -2.14. The third-order valence-electron chi connectivity index (χ3n) is 2.30. The van der Waals surface area contributed by atoms with E-state index < -0.39 is 0 Å². The van der Waals surface area contributed by atoms with Gasteiger partial charge < -0.3 is 10.5 Å². The molecule has 1 aromatic rings. The van der Waals surface area contributed by atoms with Crippen LogP contribution in [-0.2, 0) is 4.79 Å². The quantitative estimate of drug-likeness (QED) is 0.628. The molecule has 2 N–H and O–H groups in total. The van der Waals surface area contributed by atoms with Crippen LogP contribution in [0.1, 0.15) is 38.8 Å². The Morgan fingerprint density at radius 1 is 1.31 bits per heavy atom. The molecular weight excluding hydrogens is 202 g/mol. The highest BCUT2D eigenvalue weighted by Gasteiger charge is 2.08. The molecular formula is C13H19NO2. The van der Waals surface area contributed by atoms with Gasteiger partial charge in [-0.3, -0.25) is 4.79 Å². The lowest BCUT2D eigenvalue weighted by Crippen LogP contribution is -2.12. The Morgan fingerprint density at radius 3 is 2.31 bits per heavy atom. The Balaban J connectivity index is 2.66. The molecule has 3 heteroatoms. The summed E-state index contributed by atoms with van der Waals surface area (Å²) < 4.78 is 4.95. The van der Waals surface area contributed by atoms with Crippen molar-refractivity contribution in [3.8, 4) is 5.75 Å².